The molecule has 3 aromatic heterocycles. The fraction of sp³-hybridized carbons (Fsp3) is 0.128. The zero-order valence-electron chi connectivity index (χ0n) is 29.7. The Balaban J connectivity index is 1.23. The van der Waals surface area contributed by atoms with E-state index in [9.17, 15) is 0 Å². The number of hydrogen-bond donors (Lipinski definition) is 0. The number of hydrogen-bond acceptors (Lipinski definition) is 4. The Morgan fingerprint density at radius 3 is 1.79 bits per heavy atom. The molecule has 0 atom stereocenters. The molecule has 0 aliphatic heterocycles. The van der Waals surface area contributed by atoms with Crippen LogP contribution < -0.4 is 0 Å². The smallest absolute Gasteiger partial charge is 0.187 e. The highest BCUT2D eigenvalue weighted by molar-refractivity contribution is 6.10. The molecule has 6 aromatic carbocycles. The quantitative estimate of drug-likeness (QED) is 0.169. The van der Waals surface area contributed by atoms with E-state index in [4.69, 9.17) is 14.5 Å². The average molecular weight is 675 g/mol. The second kappa shape index (κ2) is 12.8. The van der Waals surface area contributed by atoms with Crippen LogP contribution in [0.5, 0.6) is 0 Å². The lowest BCUT2D eigenvalue weighted by molar-refractivity contribution is 0.669. The lowest BCUT2D eigenvalue weighted by Gasteiger charge is -2.24. The Morgan fingerprint density at radius 1 is 0.538 bits per heavy atom. The van der Waals surface area contributed by atoms with Crippen molar-refractivity contribution < 1.29 is 4.42 Å². The van der Waals surface area contributed by atoms with Crippen molar-refractivity contribution in [3.8, 4) is 50.5 Å². The molecule has 0 aliphatic carbocycles. The summed E-state index contributed by atoms with van der Waals surface area (Å²) < 4.78 is 9.05. The van der Waals surface area contributed by atoms with Gasteiger partial charge in [0, 0.05) is 10.8 Å². The monoisotopic (exact) mass is 674 g/mol. The molecule has 0 bridgehead atoms. The van der Waals surface area contributed by atoms with Crippen LogP contribution in [0.4, 0.5) is 0 Å². The van der Waals surface area contributed by atoms with Crippen LogP contribution in [0.15, 0.2) is 150 Å². The van der Waals surface area contributed by atoms with Crippen molar-refractivity contribution in [1.82, 2.24) is 19.7 Å². The highest BCUT2D eigenvalue weighted by Gasteiger charge is 2.26. The molecule has 0 amide bonds. The topological polar surface area (TPSA) is 56.7 Å². The molecule has 0 radical (unpaired) electrons. The van der Waals surface area contributed by atoms with Gasteiger partial charge in [0.1, 0.15) is 16.7 Å². The van der Waals surface area contributed by atoms with Crippen LogP contribution in [0.3, 0.4) is 0 Å². The molecule has 0 saturated heterocycles. The van der Waals surface area contributed by atoms with E-state index in [1.165, 1.54) is 33.4 Å². The first-order chi connectivity index (χ1) is 25.4. The SMILES string of the molecule is CC(C)c1cc(-c2ccccc2)cc(C(C)C)c1-n1c(-c2cccc3c2oc2cc(-c4ccc(-c5ccccc5)cc4)ccc23)nc2ccnnc21. The molecule has 0 fully saturated rings. The van der Waals surface area contributed by atoms with E-state index >= 15 is 0 Å². The summed E-state index contributed by atoms with van der Waals surface area (Å²) in [6.45, 7) is 9.04. The van der Waals surface area contributed by atoms with E-state index in [0.717, 1.165) is 61.3 Å². The summed E-state index contributed by atoms with van der Waals surface area (Å²) in [6.07, 6.45) is 1.71. The second-order valence-corrected chi connectivity index (χ2v) is 14.1. The summed E-state index contributed by atoms with van der Waals surface area (Å²) in [7, 11) is 0. The van der Waals surface area contributed by atoms with Crippen molar-refractivity contribution in [2.45, 2.75) is 39.5 Å². The van der Waals surface area contributed by atoms with Gasteiger partial charge in [0.2, 0.25) is 0 Å². The first-order valence-corrected chi connectivity index (χ1v) is 18.0. The maximum atomic E-state index is 6.82. The Labute approximate surface area is 303 Å². The summed E-state index contributed by atoms with van der Waals surface area (Å²) in [5, 5.41) is 11.2. The van der Waals surface area contributed by atoms with Gasteiger partial charge in [-0.05, 0) is 92.7 Å². The summed E-state index contributed by atoms with van der Waals surface area (Å²) in [6, 6.07) is 49.3. The lowest BCUT2D eigenvalue weighted by Crippen LogP contribution is -2.10. The second-order valence-electron chi connectivity index (χ2n) is 14.1. The number of benzene rings is 6. The highest BCUT2D eigenvalue weighted by atomic mass is 16.3. The van der Waals surface area contributed by atoms with Crippen LogP contribution in [0, 0.1) is 0 Å². The molecule has 252 valence electrons. The third-order valence-corrected chi connectivity index (χ3v) is 10.1. The van der Waals surface area contributed by atoms with Crippen molar-refractivity contribution in [2.75, 3.05) is 0 Å². The first kappa shape index (κ1) is 31.6. The van der Waals surface area contributed by atoms with Crippen molar-refractivity contribution in [1.29, 1.82) is 0 Å². The molecule has 0 unspecified atom stereocenters. The van der Waals surface area contributed by atoms with Crippen LogP contribution in [0.25, 0.3) is 83.6 Å². The molecule has 0 spiro atoms. The molecular weight excluding hydrogens is 637 g/mol. The minimum absolute atomic E-state index is 0.236. The van der Waals surface area contributed by atoms with Crippen LogP contribution in [0.2, 0.25) is 0 Å². The van der Waals surface area contributed by atoms with Crippen LogP contribution in [0.1, 0.15) is 50.7 Å². The number of furan rings is 1. The Hall–Kier alpha value is -6.33. The molecule has 9 aromatic rings. The zero-order valence-corrected chi connectivity index (χ0v) is 29.7. The normalized spacial score (nSPS) is 11.8. The Kier molecular flexibility index (Phi) is 7.77. The predicted octanol–water partition coefficient (Wildman–Crippen LogP) is 12.6. The third kappa shape index (κ3) is 5.37. The molecule has 5 heteroatoms. The molecule has 0 N–H and O–H groups in total. The van der Waals surface area contributed by atoms with E-state index in [1.54, 1.807) is 6.20 Å². The number of rotatable bonds is 7. The van der Waals surface area contributed by atoms with Gasteiger partial charge in [-0.2, -0.15) is 5.10 Å². The molecule has 9 rings (SSSR count). The number of imidazole rings is 1. The summed E-state index contributed by atoms with van der Waals surface area (Å²) >= 11 is 0. The van der Waals surface area contributed by atoms with Gasteiger partial charge in [-0.15, -0.1) is 5.10 Å². The van der Waals surface area contributed by atoms with Gasteiger partial charge in [-0.3, -0.25) is 4.57 Å². The van der Waals surface area contributed by atoms with Gasteiger partial charge in [0.25, 0.3) is 0 Å². The van der Waals surface area contributed by atoms with E-state index in [2.05, 4.69) is 165 Å². The minimum Gasteiger partial charge on any atom is -0.455 e. The fourth-order valence-corrected chi connectivity index (χ4v) is 7.48. The summed E-state index contributed by atoms with van der Waals surface area (Å²) in [5.74, 6) is 1.26. The number of para-hydroxylation sites is 1. The standard InChI is InChI=1S/C47H38N4O/c1-29(2)40-26-36(32-14-9-6-10-15-32)27-41(30(3)4)44(40)51-46(49-42-24-25-48-50-47(42)51)39-17-11-16-38-37-23-22-35(28-43(37)52-45(38)39)34-20-18-33(19-21-34)31-12-7-5-8-13-31/h5-30H,1-4H3. The first-order valence-electron chi connectivity index (χ1n) is 18.0. The zero-order chi connectivity index (χ0) is 35.3. The van der Waals surface area contributed by atoms with Crippen molar-refractivity contribution in [3.05, 3.63) is 157 Å². The van der Waals surface area contributed by atoms with E-state index in [0.29, 0.717) is 0 Å². The Morgan fingerprint density at radius 2 is 1.13 bits per heavy atom. The van der Waals surface area contributed by atoms with Gasteiger partial charge in [0.05, 0.1) is 17.4 Å². The van der Waals surface area contributed by atoms with Crippen LogP contribution >= 0.6 is 0 Å². The van der Waals surface area contributed by atoms with Gasteiger partial charge >= 0.3 is 0 Å². The molecule has 52 heavy (non-hydrogen) atoms. The Bertz CT molecular complexity index is 2690. The summed E-state index contributed by atoms with van der Waals surface area (Å²) in [5.41, 5.74) is 14.7. The molecule has 3 heterocycles. The average Bonchev–Trinajstić information content (AvgIpc) is 3.76. The van der Waals surface area contributed by atoms with Crippen LogP contribution in [-0.2, 0) is 0 Å². The largest absolute Gasteiger partial charge is 0.455 e. The fourth-order valence-electron chi connectivity index (χ4n) is 7.48. The number of fused-ring (bicyclic) bond motifs is 4. The van der Waals surface area contributed by atoms with Crippen molar-refractivity contribution >= 4 is 33.1 Å². The highest BCUT2D eigenvalue weighted by Crippen LogP contribution is 2.42. The lowest BCUT2D eigenvalue weighted by atomic mass is 9.88. The third-order valence-electron chi connectivity index (χ3n) is 10.1. The number of nitrogens with zero attached hydrogens (tertiary/aromatic N) is 4. The molecule has 0 saturated carbocycles. The minimum atomic E-state index is 0.236. The van der Waals surface area contributed by atoms with Gasteiger partial charge in [0.15, 0.2) is 11.5 Å². The van der Waals surface area contributed by atoms with Gasteiger partial charge < -0.3 is 4.42 Å². The predicted molar refractivity (Wildman–Crippen MR) is 214 cm³/mol. The molecular formula is C47H38N4O. The number of aromatic nitrogens is 4. The van der Waals surface area contributed by atoms with E-state index < -0.39 is 0 Å². The molecule has 0 aliphatic rings. The maximum absolute atomic E-state index is 6.82. The summed E-state index contributed by atoms with van der Waals surface area (Å²) in [4.78, 5) is 5.26. The molecule has 5 nitrogen and oxygen atoms in total. The van der Waals surface area contributed by atoms with Gasteiger partial charge in [-0.25, -0.2) is 4.98 Å². The van der Waals surface area contributed by atoms with Crippen molar-refractivity contribution in [2.24, 2.45) is 0 Å². The van der Waals surface area contributed by atoms with Crippen LogP contribution in [-0.4, -0.2) is 19.7 Å². The van der Waals surface area contributed by atoms with Crippen molar-refractivity contribution in [3.63, 3.8) is 0 Å². The maximum Gasteiger partial charge on any atom is 0.187 e. The van der Waals surface area contributed by atoms with E-state index in [1.807, 2.05) is 12.1 Å². The van der Waals surface area contributed by atoms with Gasteiger partial charge in [-0.1, -0.05) is 131 Å². The van der Waals surface area contributed by atoms with E-state index in [-0.39, 0.29) is 11.8 Å².